The van der Waals surface area contributed by atoms with Gasteiger partial charge in [0.25, 0.3) is 0 Å². The van der Waals surface area contributed by atoms with Crippen LogP contribution < -0.4 is 10.4 Å². The molecule has 2 rings (SSSR count). The fourth-order valence-electron chi connectivity index (χ4n) is 1.54. The molecule has 1 heterocycles. The standard InChI is InChI=1S/C13H14N2O2/c1-10-8-15(13(16)11(2)14-10)17-9-12-6-4-3-5-7-12/h3-8H,9H2,1-2H3. The molecule has 1 aromatic carbocycles. The largest absolute Gasteiger partial charge is 0.406 e. The Balaban J connectivity index is 2.17. The first-order chi connectivity index (χ1) is 8.16. The summed E-state index contributed by atoms with van der Waals surface area (Å²) < 4.78 is 1.24. The molecule has 4 heteroatoms. The van der Waals surface area contributed by atoms with Gasteiger partial charge in [0.1, 0.15) is 12.3 Å². The summed E-state index contributed by atoms with van der Waals surface area (Å²) in [4.78, 5) is 21.2. The fraction of sp³-hybridized carbons (Fsp3) is 0.231. The molecule has 0 saturated carbocycles. The summed E-state index contributed by atoms with van der Waals surface area (Å²) in [5, 5.41) is 0. The van der Waals surface area contributed by atoms with Gasteiger partial charge in [0.2, 0.25) is 0 Å². The molecule has 0 spiro atoms. The normalized spacial score (nSPS) is 10.2. The van der Waals surface area contributed by atoms with Gasteiger partial charge in [-0.15, -0.1) is 4.73 Å². The lowest BCUT2D eigenvalue weighted by atomic mass is 10.2. The Bertz CT molecular complexity index is 561. The number of hydrogen-bond acceptors (Lipinski definition) is 3. The lowest BCUT2D eigenvalue weighted by Crippen LogP contribution is -2.29. The van der Waals surface area contributed by atoms with Crippen LogP contribution in [0.1, 0.15) is 17.0 Å². The number of hydrogen-bond donors (Lipinski definition) is 0. The van der Waals surface area contributed by atoms with E-state index in [1.165, 1.54) is 4.73 Å². The predicted octanol–water partition coefficient (Wildman–Crippen LogP) is 1.49. The first-order valence-corrected chi connectivity index (χ1v) is 5.41. The molecule has 1 aromatic heterocycles. The molecule has 0 aliphatic rings. The monoisotopic (exact) mass is 230 g/mol. The van der Waals surface area contributed by atoms with Crippen molar-refractivity contribution in [3.8, 4) is 0 Å². The second-order valence-electron chi connectivity index (χ2n) is 3.86. The second kappa shape index (κ2) is 4.82. The quantitative estimate of drug-likeness (QED) is 0.802. The third-order valence-corrected chi connectivity index (χ3v) is 2.37. The van der Waals surface area contributed by atoms with E-state index in [1.54, 1.807) is 13.1 Å². The average Bonchev–Trinajstić information content (AvgIpc) is 2.33. The van der Waals surface area contributed by atoms with Crippen molar-refractivity contribution in [2.24, 2.45) is 0 Å². The number of benzene rings is 1. The van der Waals surface area contributed by atoms with Gasteiger partial charge in [-0.25, -0.2) is 0 Å². The van der Waals surface area contributed by atoms with E-state index in [9.17, 15) is 4.79 Å². The van der Waals surface area contributed by atoms with Gasteiger partial charge in [0.15, 0.2) is 0 Å². The zero-order valence-electron chi connectivity index (χ0n) is 9.88. The van der Waals surface area contributed by atoms with Crippen LogP contribution in [0.15, 0.2) is 41.3 Å². The number of aryl methyl sites for hydroxylation is 2. The number of nitrogens with zero attached hydrogens (tertiary/aromatic N) is 2. The molecule has 0 radical (unpaired) electrons. The Morgan fingerprint density at radius 2 is 1.94 bits per heavy atom. The highest BCUT2D eigenvalue weighted by Crippen LogP contribution is 1.98. The average molecular weight is 230 g/mol. The summed E-state index contributed by atoms with van der Waals surface area (Å²) >= 11 is 0. The summed E-state index contributed by atoms with van der Waals surface area (Å²) in [6.45, 7) is 3.87. The maximum Gasteiger partial charge on any atom is 0.304 e. The molecule has 0 N–H and O–H groups in total. The van der Waals surface area contributed by atoms with Crippen LogP contribution in [0.2, 0.25) is 0 Å². The summed E-state index contributed by atoms with van der Waals surface area (Å²) in [6.07, 6.45) is 1.60. The highest BCUT2D eigenvalue weighted by molar-refractivity contribution is 5.13. The van der Waals surface area contributed by atoms with Crippen molar-refractivity contribution < 1.29 is 4.84 Å². The van der Waals surface area contributed by atoms with E-state index in [0.29, 0.717) is 12.3 Å². The smallest absolute Gasteiger partial charge is 0.304 e. The van der Waals surface area contributed by atoms with E-state index in [0.717, 1.165) is 11.3 Å². The Morgan fingerprint density at radius 1 is 1.24 bits per heavy atom. The molecular formula is C13H14N2O2. The van der Waals surface area contributed by atoms with Crippen LogP contribution >= 0.6 is 0 Å². The van der Waals surface area contributed by atoms with Gasteiger partial charge in [0, 0.05) is 0 Å². The van der Waals surface area contributed by atoms with Crippen molar-refractivity contribution in [1.82, 2.24) is 9.71 Å². The molecule has 0 fully saturated rings. The molecule has 2 aromatic rings. The summed E-state index contributed by atoms with van der Waals surface area (Å²) in [7, 11) is 0. The van der Waals surface area contributed by atoms with Crippen LogP contribution in [0.5, 0.6) is 0 Å². The Morgan fingerprint density at radius 3 is 2.65 bits per heavy atom. The van der Waals surface area contributed by atoms with E-state index in [2.05, 4.69) is 4.98 Å². The molecule has 88 valence electrons. The maximum atomic E-state index is 11.7. The molecule has 0 unspecified atom stereocenters. The maximum absolute atomic E-state index is 11.7. The van der Waals surface area contributed by atoms with Gasteiger partial charge in [0.05, 0.1) is 11.9 Å². The molecule has 0 aliphatic heterocycles. The minimum Gasteiger partial charge on any atom is -0.406 e. The van der Waals surface area contributed by atoms with E-state index in [1.807, 2.05) is 37.3 Å². The Hall–Kier alpha value is -2.10. The van der Waals surface area contributed by atoms with Gasteiger partial charge in [-0.1, -0.05) is 30.3 Å². The topological polar surface area (TPSA) is 44.1 Å². The van der Waals surface area contributed by atoms with Crippen LogP contribution in [0, 0.1) is 13.8 Å². The molecule has 17 heavy (non-hydrogen) atoms. The highest BCUT2D eigenvalue weighted by atomic mass is 16.7. The van der Waals surface area contributed by atoms with Crippen molar-refractivity contribution in [2.75, 3.05) is 0 Å². The SMILES string of the molecule is Cc1cn(OCc2ccccc2)c(=O)c(C)n1. The van der Waals surface area contributed by atoms with Crippen molar-refractivity contribution in [1.29, 1.82) is 0 Å². The van der Waals surface area contributed by atoms with E-state index in [4.69, 9.17) is 4.84 Å². The van der Waals surface area contributed by atoms with Gasteiger partial charge in [-0.3, -0.25) is 9.78 Å². The minimum absolute atomic E-state index is 0.216. The van der Waals surface area contributed by atoms with Crippen LogP contribution in [0.25, 0.3) is 0 Å². The first-order valence-electron chi connectivity index (χ1n) is 5.41. The molecule has 0 atom stereocenters. The van der Waals surface area contributed by atoms with E-state index < -0.39 is 0 Å². The summed E-state index contributed by atoms with van der Waals surface area (Å²) in [6, 6.07) is 9.71. The van der Waals surface area contributed by atoms with Crippen molar-refractivity contribution in [3.05, 3.63) is 63.8 Å². The Kier molecular flexibility index (Phi) is 3.23. The minimum atomic E-state index is -0.216. The van der Waals surface area contributed by atoms with Crippen LogP contribution in [0.3, 0.4) is 0 Å². The fourth-order valence-corrected chi connectivity index (χ4v) is 1.54. The molecule has 0 aliphatic carbocycles. The van der Waals surface area contributed by atoms with Gasteiger partial charge >= 0.3 is 5.56 Å². The predicted molar refractivity (Wildman–Crippen MR) is 64.7 cm³/mol. The highest BCUT2D eigenvalue weighted by Gasteiger charge is 2.03. The zero-order valence-corrected chi connectivity index (χ0v) is 9.88. The lowest BCUT2D eigenvalue weighted by Gasteiger charge is -2.09. The molecule has 0 saturated heterocycles. The van der Waals surface area contributed by atoms with Gasteiger partial charge in [-0.05, 0) is 19.4 Å². The van der Waals surface area contributed by atoms with Crippen molar-refractivity contribution in [2.45, 2.75) is 20.5 Å². The first kappa shape index (κ1) is 11.4. The third-order valence-electron chi connectivity index (χ3n) is 2.37. The molecule has 0 amide bonds. The van der Waals surface area contributed by atoms with Crippen molar-refractivity contribution >= 4 is 0 Å². The van der Waals surface area contributed by atoms with Gasteiger partial charge < -0.3 is 4.84 Å². The third kappa shape index (κ3) is 2.72. The van der Waals surface area contributed by atoms with Crippen LogP contribution in [0.4, 0.5) is 0 Å². The zero-order chi connectivity index (χ0) is 12.3. The second-order valence-corrected chi connectivity index (χ2v) is 3.86. The number of aromatic nitrogens is 2. The molecule has 0 bridgehead atoms. The molecular weight excluding hydrogens is 216 g/mol. The number of rotatable bonds is 3. The summed E-state index contributed by atoms with van der Waals surface area (Å²) in [5.74, 6) is 0. The van der Waals surface area contributed by atoms with Crippen LogP contribution in [-0.2, 0) is 6.61 Å². The van der Waals surface area contributed by atoms with Crippen LogP contribution in [-0.4, -0.2) is 9.71 Å². The van der Waals surface area contributed by atoms with Crippen molar-refractivity contribution in [3.63, 3.8) is 0 Å². The van der Waals surface area contributed by atoms with E-state index in [-0.39, 0.29) is 5.56 Å². The molecule has 4 nitrogen and oxygen atoms in total. The van der Waals surface area contributed by atoms with E-state index >= 15 is 0 Å². The van der Waals surface area contributed by atoms with Gasteiger partial charge in [-0.2, -0.15) is 0 Å². The Labute approximate surface area is 99.5 Å². The summed E-state index contributed by atoms with van der Waals surface area (Å²) in [5.41, 5.74) is 2.01. The lowest BCUT2D eigenvalue weighted by molar-refractivity contribution is 0.0874.